The van der Waals surface area contributed by atoms with Crippen LogP contribution in [-0.2, 0) is 0 Å². The molecule has 0 amide bonds. The van der Waals surface area contributed by atoms with Crippen LogP contribution in [0.25, 0.3) is 0 Å². The number of rotatable bonds is 8. The van der Waals surface area contributed by atoms with Crippen molar-refractivity contribution in [2.75, 3.05) is 20.1 Å². The molecule has 2 unspecified atom stereocenters. The number of likely N-dealkylation sites (tertiary alicyclic amines) is 1. The zero-order valence-electron chi connectivity index (χ0n) is 24.3. The van der Waals surface area contributed by atoms with Crippen LogP contribution in [-0.4, -0.2) is 25.0 Å². The molecule has 1 fully saturated rings. The van der Waals surface area contributed by atoms with E-state index in [9.17, 15) is 0 Å². The van der Waals surface area contributed by atoms with E-state index in [0.29, 0.717) is 0 Å². The zero-order chi connectivity index (χ0) is 26.3. The summed E-state index contributed by atoms with van der Waals surface area (Å²) in [5.41, 5.74) is 1.29. The summed E-state index contributed by atoms with van der Waals surface area (Å²) in [5.74, 6) is 1.69. The second-order valence-corrected chi connectivity index (χ2v) is 8.33. The molecule has 1 nitrogen and oxygen atoms in total. The topological polar surface area (TPSA) is 3.24 Å². The van der Waals surface area contributed by atoms with Crippen LogP contribution >= 0.6 is 0 Å². The molecule has 0 aromatic heterocycles. The first kappa shape index (κ1) is 38.9. The van der Waals surface area contributed by atoms with Crippen molar-refractivity contribution >= 4 is 0 Å². The number of unbranched alkanes of at least 4 members (excludes halogenated alkanes) is 2. The number of hydrogen-bond donors (Lipinski definition) is 0. The third-order valence-electron chi connectivity index (χ3n) is 5.40. The van der Waals surface area contributed by atoms with Gasteiger partial charge in [-0.2, -0.15) is 0 Å². The van der Waals surface area contributed by atoms with Crippen molar-refractivity contribution in [1.29, 1.82) is 0 Å². The molecule has 1 aliphatic carbocycles. The molecule has 1 heterocycles. The van der Waals surface area contributed by atoms with Crippen LogP contribution < -0.4 is 0 Å². The predicted molar refractivity (Wildman–Crippen MR) is 159 cm³/mol. The summed E-state index contributed by atoms with van der Waals surface area (Å²) >= 11 is 0. The lowest BCUT2D eigenvalue weighted by Gasteiger charge is -2.21. The lowest BCUT2D eigenvalue weighted by molar-refractivity contribution is 0.378. The molecule has 0 aromatic carbocycles. The van der Waals surface area contributed by atoms with Gasteiger partial charge in [0.2, 0.25) is 0 Å². The Kier molecular flexibility index (Phi) is 41.6. The fraction of sp³-hybridized carbons (Fsp3) is 0.688. The normalized spacial score (nSPS) is 16.7. The Morgan fingerprint density at radius 1 is 1.00 bits per heavy atom. The van der Waals surface area contributed by atoms with E-state index in [2.05, 4.69) is 84.2 Å². The molecule has 33 heavy (non-hydrogen) atoms. The maximum Gasteiger partial charge on any atom is -0.00213 e. The largest absolute Gasteiger partial charge is 0.306 e. The second-order valence-electron chi connectivity index (χ2n) is 8.33. The summed E-state index contributed by atoms with van der Waals surface area (Å²) in [6.07, 6.45) is 24.1. The van der Waals surface area contributed by atoms with Crippen LogP contribution in [0.3, 0.4) is 0 Å². The lowest BCUT2D eigenvalue weighted by Crippen LogP contribution is -2.10. The van der Waals surface area contributed by atoms with E-state index in [0.717, 1.165) is 11.8 Å². The standard InChI is InChI=1S/C15H24.C5H11N.C5H12.C3H6.C2H6.C2H4/c1-4-7-14(6-3)12-15-10-8-13(5-2)9-11-15;1-6-4-2-3-5-6;1-3-5-4-2;1-3-2;2*1-2/h5,8-10,14-15H,2,4,6-7,11-12H2,1,3H3;2-5H2,1H3;3-5H2,1-2H3;3H,1H2,2H3;1-2H3;1-2H2. The summed E-state index contributed by atoms with van der Waals surface area (Å²) in [6.45, 7) is 30.7. The molecule has 1 saturated heterocycles. The smallest absolute Gasteiger partial charge is 0.00213 e. The van der Waals surface area contributed by atoms with Gasteiger partial charge in [0.15, 0.2) is 0 Å². The first-order valence-corrected chi connectivity index (χ1v) is 13.8. The lowest BCUT2D eigenvalue weighted by atomic mass is 9.85. The van der Waals surface area contributed by atoms with Gasteiger partial charge in [0.1, 0.15) is 0 Å². The maximum atomic E-state index is 3.80. The Bertz CT molecular complexity index is 424. The summed E-state index contributed by atoms with van der Waals surface area (Å²) in [5, 5.41) is 0. The fourth-order valence-corrected chi connectivity index (χ4v) is 3.56. The first-order valence-electron chi connectivity index (χ1n) is 13.8. The van der Waals surface area contributed by atoms with E-state index in [1.807, 2.05) is 26.8 Å². The summed E-state index contributed by atoms with van der Waals surface area (Å²) in [6, 6.07) is 0. The molecule has 0 N–H and O–H groups in total. The van der Waals surface area contributed by atoms with Crippen molar-refractivity contribution in [3.8, 4) is 0 Å². The highest BCUT2D eigenvalue weighted by atomic mass is 15.1. The van der Waals surface area contributed by atoms with E-state index in [1.54, 1.807) is 6.08 Å². The van der Waals surface area contributed by atoms with Crippen LogP contribution in [0.5, 0.6) is 0 Å². The Hall–Kier alpha value is -1.34. The molecular weight excluding hydrogens is 398 g/mol. The Labute approximate surface area is 211 Å². The van der Waals surface area contributed by atoms with Gasteiger partial charge in [-0.15, -0.1) is 19.7 Å². The van der Waals surface area contributed by atoms with Crippen molar-refractivity contribution < 1.29 is 0 Å². The van der Waals surface area contributed by atoms with Crippen molar-refractivity contribution in [3.63, 3.8) is 0 Å². The minimum Gasteiger partial charge on any atom is -0.306 e. The molecule has 2 atom stereocenters. The summed E-state index contributed by atoms with van der Waals surface area (Å²) in [7, 11) is 2.17. The molecular formula is C32H63N. The quantitative estimate of drug-likeness (QED) is 0.325. The zero-order valence-corrected chi connectivity index (χ0v) is 24.3. The summed E-state index contributed by atoms with van der Waals surface area (Å²) < 4.78 is 0. The van der Waals surface area contributed by atoms with E-state index in [1.165, 1.54) is 82.9 Å². The Morgan fingerprint density at radius 3 is 1.76 bits per heavy atom. The number of hydrogen-bond acceptors (Lipinski definition) is 1. The minimum atomic E-state index is 0.769. The fourth-order valence-electron chi connectivity index (χ4n) is 3.56. The Morgan fingerprint density at radius 2 is 1.52 bits per heavy atom. The monoisotopic (exact) mass is 461 g/mol. The maximum absolute atomic E-state index is 3.80. The van der Waals surface area contributed by atoms with Crippen LogP contribution in [0.4, 0.5) is 0 Å². The third-order valence-corrected chi connectivity index (χ3v) is 5.40. The van der Waals surface area contributed by atoms with Gasteiger partial charge in [-0.05, 0) is 70.2 Å². The van der Waals surface area contributed by atoms with E-state index >= 15 is 0 Å². The van der Waals surface area contributed by atoms with Crippen molar-refractivity contribution in [1.82, 2.24) is 4.90 Å². The van der Waals surface area contributed by atoms with Crippen LogP contribution in [0.15, 0.2) is 62.3 Å². The van der Waals surface area contributed by atoms with Gasteiger partial charge in [0.25, 0.3) is 0 Å². The highest BCUT2D eigenvalue weighted by Crippen LogP contribution is 2.27. The van der Waals surface area contributed by atoms with Crippen molar-refractivity contribution in [2.45, 2.75) is 113 Å². The molecule has 0 spiro atoms. The first-order chi connectivity index (χ1) is 16.0. The predicted octanol–water partition coefficient (Wildman–Crippen LogP) is 10.8. The van der Waals surface area contributed by atoms with E-state index in [-0.39, 0.29) is 0 Å². The van der Waals surface area contributed by atoms with Gasteiger partial charge in [0.05, 0.1) is 0 Å². The van der Waals surface area contributed by atoms with Gasteiger partial charge in [-0.3, -0.25) is 0 Å². The van der Waals surface area contributed by atoms with Crippen LogP contribution in [0.1, 0.15) is 113 Å². The molecule has 2 rings (SSSR count). The highest BCUT2D eigenvalue weighted by molar-refractivity contribution is 5.32. The van der Waals surface area contributed by atoms with Gasteiger partial charge < -0.3 is 4.90 Å². The molecule has 2 aliphatic rings. The molecule has 196 valence electrons. The average Bonchev–Trinajstić information content (AvgIpc) is 3.34. The van der Waals surface area contributed by atoms with Gasteiger partial charge in [0, 0.05) is 0 Å². The van der Waals surface area contributed by atoms with Gasteiger partial charge in [-0.1, -0.05) is 117 Å². The SMILES string of the molecule is C=C.C=CC.C=CC1=CCC(CC(CC)CCC)C=C1.CC.CCCCC.CN1CCCC1. The average molecular weight is 462 g/mol. The van der Waals surface area contributed by atoms with Gasteiger partial charge in [-0.25, -0.2) is 0 Å². The van der Waals surface area contributed by atoms with Gasteiger partial charge >= 0.3 is 0 Å². The summed E-state index contributed by atoms with van der Waals surface area (Å²) in [4.78, 5) is 2.36. The van der Waals surface area contributed by atoms with Crippen molar-refractivity contribution in [3.05, 3.63) is 62.3 Å². The van der Waals surface area contributed by atoms with E-state index in [4.69, 9.17) is 0 Å². The number of allylic oxidation sites excluding steroid dienone is 6. The molecule has 0 saturated carbocycles. The second kappa shape index (κ2) is 35.3. The van der Waals surface area contributed by atoms with E-state index < -0.39 is 0 Å². The minimum absolute atomic E-state index is 0.769. The molecule has 1 aliphatic heterocycles. The molecule has 0 aromatic rings. The van der Waals surface area contributed by atoms with Crippen LogP contribution in [0.2, 0.25) is 0 Å². The molecule has 1 heteroatoms. The molecule has 0 bridgehead atoms. The molecule has 0 radical (unpaired) electrons. The van der Waals surface area contributed by atoms with Crippen LogP contribution in [0, 0.1) is 11.8 Å². The highest BCUT2D eigenvalue weighted by Gasteiger charge is 2.13. The van der Waals surface area contributed by atoms with Crippen molar-refractivity contribution in [2.24, 2.45) is 11.8 Å². The Balaban J connectivity index is -0.000000193. The number of nitrogens with zero attached hydrogens (tertiary/aromatic N) is 1. The third kappa shape index (κ3) is 30.7.